The monoisotopic (exact) mass is 299 g/mol. The lowest BCUT2D eigenvalue weighted by Crippen LogP contribution is -2.02. The average Bonchev–Trinajstić information content (AvgIpc) is 2.61. The van der Waals surface area contributed by atoms with E-state index in [2.05, 4.69) is 86.6 Å². The highest BCUT2D eigenvalue weighted by Gasteiger charge is 2.07. The van der Waals surface area contributed by atoms with Gasteiger partial charge in [0.15, 0.2) is 0 Å². The summed E-state index contributed by atoms with van der Waals surface area (Å²) in [5.41, 5.74) is 5.59. The first kappa shape index (κ1) is 15.2. The molecule has 0 aromatic heterocycles. The molecule has 0 radical (unpaired) electrons. The minimum Gasteiger partial charge on any atom is -0.248 e. The van der Waals surface area contributed by atoms with Crippen molar-refractivity contribution in [3.8, 4) is 0 Å². The van der Waals surface area contributed by atoms with Gasteiger partial charge in [-0.1, -0.05) is 86.6 Å². The molecule has 0 N–H and O–H groups in total. The van der Waals surface area contributed by atoms with Gasteiger partial charge in [0.2, 0.25) is 0 Å². The number of nitrogens with zero attached hydrogens (tertiary/aromatic N) is 1. The Morgan fingerprint density at radius 1 is 0.652 bits per heavy atom. The van der Waals surface area contributed by atoms with Crippen molar-refractivity contribution in [2.45, 2.75) is 19.8 Å². The molecule has 3 aromatic carbocycles. The van der Waals surface area contributed by atoms with Crippen LogP contribution in [0.4, 0.5) is 5.69 Å². The Kier molecular flexibility index (Phi) is 4.68. The molecule has 0 saturated carbocycles. The van der Waals surface area contributed by atoms with Gasteiger partial charge in [0, 0.05) is 11.1 Å². The van der Waals surface area contributed by atoms with Crippen LogP contribution in [0.2, 0.25) is 0 Å². The van der Waals surface area contributed by atoms with E-state index in [1.165, 1.54) is 5.56 Å². The largest absolute Gasteiger partial charge is 0.248 e. The summed E-state index contributed by atoms with van der Waals surface area (Å²) in [6.45, 7) is 4.41. The molecule has 0 fully saturated rings. The van der Waals surface area contributed by atoms with Crippen LogP contribution < -0.4 is 0 Å². The predicted octanol–water partition coefficient (Wildman–Crippen LogP) is 5.98. The van der Waals surface area contributed by atoms with Crippen molar-refractivity contribution in [3.05, 3.63) is 102 Å². The third-order valence-electron chi connectivity index (χ3n) is 3.90. The zero-order valence-electron chi connectivity index (χ0n) is 13.6. The van der Waals surface area contributed by atoms with E-state index < -0.39 is 0 Å². The van der Waals surface area contributed by atoms with Crippen molar-refractivity contribution in [3.63, 3.8) is 0 Å². The van der Waals surface area contributed by atoms with E-state index in [4.69, 9.17) is 4.99 Å². The number of hydrogen-bond acceptors (Lipinski definition) is 1. The lowest BCUT2D eigenvalue weighted by Gasteiger charge is -2.09. The fourth-order valence-corrected chi connectivity index (χ4v) is 2.55. The van der Waals surface area contributed by atoms with Crippen molar-refractivity contribution in [2.24, 2.45) is 4.99 Å². The van der Waals surface area contributed by atoms with Gasteiger partial charge in [-0.25, -0.2) is 4.99 Å². The van der Waals surface area contributed by atoms with Crippen LogP contribution >= 0.6 is 0 Å². The highest BCUT2D eigenvalue weighted by Crippen LogP contribution is 2.21. The third-order valence-corrected chi connectivity index (χ3v) is 3.90. The molecule has 1 heteroatoms. The van der Waals surface area contributed by atoms with Crippen LogP contribution in [0.15, 0.2) is 89.9 Å². The summed E-state index contributed by atoms with van der Waals surface area (Å²) >= 11 is 0. The molecule has 0 heterocycles. The maximum Gasteiger partial charge on any atom is 0.0781 e. The van der Waals surface area contributed by atoms with Gasteiger partial charge in [0.05, 0.1) is 11.4 Å². The van der Waals surface area contributed by atoms with Crippen molar-refractivity contribution in [2.75, 3.05) is 0 Å². The molecule has 3 rings (SSSR count). The predicted molar refractivity (Wildman–Crippen MR) is 98.7 cm³/mol. The fourth-order valence-electron chi connectivity index (χ4n) is 2.55. The van der Waals surface area contributed by atoms with E-state index >= 15 is 0 Å². The molecule has 114 valence electrons. The summed E-state index contributed by atoms with van der Waals surface area (Å²) in [7, 11) is 0. The Labute approximate surface area is 138 Å². The smallest absolute Gasteiger partial charge is 0.0781 e. The van der Waals surface area contributed by atoms with Crippen LogP contribution in [0.5, 0.6) is 0 Å². The molecule has 0 saturated heterocycles. The minimum atomic E-state index is 0.538. The van der Waals surface area contributed by atoms with Gasteiger partial charge >= 0.3 is 0 Å². The first-order chi connectivity index (χ1) is 11.2. The molecule has 0 unspecified atom stereocenters. The van der Waals surface area contributed by atoms with Gasteiger partial charge in [-0.3, -0.25) is 0 Å². The van der Waals surface area contributed by atoms with Gasteiger partial charge in [-0.2, -0.15) is 0 Å². The SMILES string of the molecule is CC(C)c1ccc(N=C(c2ccccc2)c2ccccc2)cc1. The second kappa shape index (κ2) is 7.06. The van der Waals surface area contributed by atoms with Crippen molar-refractivity contribution in [1.82, 2.24) is 0 Å². The Hall–Kier alpha value is -2.67. The van der Waals surface area contributed by atoms with Gasteiger partial charge in [0.25, 0.3) is 0 Å². The van der Waals surface area contributed by atoms with E-state index in [0.29, 0.717) is 5.92 Å². The molecule has 3 aromatic rings. The lowest BCUT2D eigenvalue weighted by atomic mass is 10.0. The van der Waals surface area contributed by atoms with Gasteiger partial charge < -0.3 is 0 Å². The van der Waals surface area contributed by atoms with Crippen molar-refractivity contribution < 1.29 is 0 Å². The maximum absolute atomic E-state index is 4.92. The summed E-state index contributed by atoms with van der Waals surface area (Å²) in [4.78, 5) is 4.92. The van der Waals surface area contributed by atoms with Crippen molar-refractivity contribution >= 4 is 11.4 Å². The second-order valence-electron chi connectivity index (χ2n) is 5.94. The molecular weight excluding hydrogens is 278 g/mol. The molecular formula is C22H21N. The Bertz CT molecular complexity index is 728. The Morgan fingerprint density at radius 3 is 1.57 bits per heavy atom. The van der Waals surface area contributed by atoms with E-state index in [0.717, 1.165) is 22.5 Å². The van der Waals surface area contributed by atoms with E-state index in [-0.39, 0.29) is 0 Å². The molecule has 0 spiro atoms. The van der Waals surface area contributed by atoms with E-state index in [1.54, 1.807) is 0 Å². The molecule has 0 amide bonds. The maximum atomic E-state index is 4.92. The number of aliphatic imine (C=N–C) groups is 1. The van der Waals surface area contributed by atoms with Gasteiger partial charge in [-0.05, 0) is 23.6 Å². The standard InChI is InChI=1S/C22H21N/c1-17(2)18-13-15-21(16-14-18)23-22(19-9-5-3-6-10-19)20-11-7-4-8-12-20/h3-17H,1-2H3. The molecule has 0 aliphatic heterocycles. The molecule has 0 atom stereocenters. The fraction of sp³-hybridized carbons (Fsp3) is 0.136. The quantitative estimate of drug-likeness (QED) is 0.525. The Morgan fingerprint density at radius 2 is 1.13 bits per heavy atom. The first-order valence-electron chi connectivity index (χ1n) is 8.03. The van der Waals surface area contributed by atoms with Gasteiger partial charge in [0.1, 0.15) is 0 Å². The molecule has 1 nitrogen and oxygen atoms in total. The van der Waals surface area contributed by atoms with Crippen LogP contribution in [-0.2, 0) is 0 Å². The summed E-state index contributed by atoms with van der Waals surface area (Å²) in [5, 5.41) is 0. The zero-order chi connectivity index (χ0) is 16.1. The van der Waals surface area contributed by atoms with E-state index in [9.17, 15) is 0 Å². The topological polar surface area (TPSA) is 12.4 Å². The summed E-state index contributed by atoms with van der Waals surface area (Å²) in [6, 6.07) is 29.2. The van der Waals surface area contributed by atoms with Crippen molar-refractivity contribution in [1.29, 1.82) is 0 Å². The summed E-state index contributed by atoms with van der Waals surface area (Å²) in [5.74, 6) is 0.538. The normalized spacial score (nSPS) is 10.6. The van der Waals surface area contributed by atoms with Crippen LogP contribution in [0.3, 0.4) is 0 Å². The number of hydrogen-bond donors (Lipinski definition) is 0. The van der Waals surface area contributed by atoms with Crippen LogP contribution in [0.25, 0.3) is 0 Å². The Balaban J connectivity index is 2.05. The highest BCUT2D eigenvalue weighted by atomic mass is 14.7. The minimum absolute atomic E-state index is 0.538. The second-order valence-corrected chi connectivity index (χ2v) is 5.94. The highest BCUT2D eigenvalue weighted by molar-refractivity contribution is 6.13. The summed E-state index contributed by atoms with van der Waals surface area (Å²) < 4.78 is 0. The van der Waals surface area contributed by atoms with Crippen LogP contribution in [-0.4, -0.2) is 5.71 Å². The molecule has 0 aliphatic carbocycles. The molecule has 23 heavy (non-hydrogen) atoms. The number of rotatable bonds is 4. The molecule has 0 bridgehead atoms. The molecule has 0 aliphatic rings. The average molecular weight is 299 g/mol. The van der Waals surface area contributed by atoms with E-state index in [1.807, 2.05) is 12.1 Å². The van der Waals surface area contributed by atoms with Crippen LogP contribution in [0, 0.1) is 0 Å². The number of benzene rings is 3. The van der Waals surface area contributed by atoms with Crippen LogP contribution in [0.1, 0.15) is 36.5 Å². The first-order valence-corrected chi connectivity index (χ1v) is 8.03. The summed E-state index contributed by atoms with van der Waals surface area (Å²) in [6.07, 6.45) is 0. The lowest BCUT2D eigenvalue weighted by molar-refractivity contribution is 0.867. The third kappa shape index (κ3) is 3.75. The zero-order valence-corrected chi connectivity index (χ0v) is 13.6. The van der Waals surface area contributed by atoms with Gasteiger partial charge in [-0.15, -0.1) is 0 Å².